The van der Waals surface area contributed by atoms with Crippen molar-refractivity contribution in [3.63, 3.8) is 0 Å². The second-order valence-corrected chi connectivity index (χ2v) is 18.1. The molecule has 0 radical (unpaired) electrons. The molecule has 9 aromatic carbocycles. The second-order valence-electron chi connectivity index (χ2n) is 18.1. The Hall–Kier alpha value is -7.36. The molecule has 290 valence electrons. The summed E-state index contributed by atoms with van der Waals surface area (Å²) in [6.45, 7) is 9.51. The summed E-state index contributed by atoms with van der Waals surface area (Å²) in [4.78, 5) is 2.46. The molecule has 0 saturated carbocycles. The average molecular weight is 783 g/mol. The Kier molecular flexibility index (Phi) is 6.85. The summed E-state index contributed by atoms with van der Waals surface area (Å²) < 4.78 is 9.37. The number of benzene rings is 9. The summed E-state index contributed by atoms with van der Waals surface area (Å²) in [5, 5.41) is 8.49. The van der Waals surface area contributed by atoms with Gasteiger partial charge in [0.05, 0.1) is 22.3 Å². The van der Waals surface area contributed by atoms with Crippen molar-refractivity contribution < 1.29 is 4.42 Å². The fourth-order valence-corrected chi connectivity index (χ4v) is 11.2. The molecule has 0 unspecified atom stereocenters. The molecule has 13 rings (SSSR count). The van der Waals surface area contributed by atoms with Gasteiger partial charge in [0, 0.05) is 44.2 Å². The number of aromatic nitrogens is 1. The number of anilines is 3. The quantitative estimate of drug-likeness (QED) is 0.177. The number of para-hydroxylation sites is 1. The Balaban J connectivity index is 1.11. The minimum Gasteiger partial charge on any atom is -0.456 e. The highest BCUT2D eigenvalue weighted by atomic mass is 16.3. The monoisotopic (exact) mass is 782 g/mol. The molecule has 0 atom stereocenters. The van der Waals surface area contributed by atoms with E-state index in [0.29, 0.717) is 0 Å². The molecule has 3 heteroatoms. The van der Waals surface area contributed by atoms with Crippen LogP contribution in [0.2, 0.25) is 0 Å². The summed E-state index contributed by atoms with van der Waals surface area (Å²) in [5.41, 5.74) is 17.7. The summed E-state index contributed by atoms with van der Waals surface area (Å²) in [7, 11) is 0. The standard InChI is InChI=1S/C58H42N2O/c1-57(2)46-22-13-12-21-42(46)44-34-52-45(33-48(44)57)54-49(23-14-24-51(54)61-52)59(39-27-25-35-15-8-9-17-37(35)31-39)40-28-29-43-50(32-40)60(38-18-6-5-7-19-38)56-53-41-20-11-10-16-36(41)26-30-47(53)58(3,4)55(43)56/h5-34H,1-4H3. The average Bonchev–Trinajstić information content (AvgIpc) is 3.97. The van der Waals surface area contributed by atoms with Gasteiger partial charge in [-0.25, -0.2) is 0 Å². The predicted molar refractivity (Wildman–Crippen MR) is 255 cm³/mol. The lowest BCUT2D eigenvalue weighted by atomic mass is 9.81. The van der Waals surface area contributed by atoms with E-state index in [-0.39, 0.29) is 10.8 Å². The molecule has 0 N–H and O–H groups in total. The molecule has 2 heterocycles. The molecule has 2 aliphatic carbocycles. The van der Waals surface area contributed by atoms with E-state index in [1.165, 1.54) is 77.1 Å². The van der Waals surface area contributed by atoms with Crippen LogP contribution in [0.3, 0.4) is 0 Å². The molecule has 3 nitrogen and oxygen atoms in total. The molecule has 61 heavy (non-hydrogen) atoms. The van der Waals surface area contributed by atoms with E-state index in [2.05, 4.69) is 219 Å². The van der Waals surface area contributed by atoms with Crippen molar-refractivity contribution in [1.82, 2.24) is 4.57 Å². The maximum atomic E-state index is 6.84. The van der Waals surface area contributed by atoms with Crippen LogP contribution < -0.4 is 4.90 Å². The number of hydrogen-bond acceptors (Lipinski definition) is 2. The lowest BCUT2D eigenvalue weighted by Crippen LogP contribution is -2.15. The molecular weight excluding hydrogens is 741 g/mol. The van der Waals surface area contributed by atoms with Gasteiger partial charge in [0.25, 0.3) is 0 Å². The normalized spacial score (nSPS) is 14.5. The summed E-state index contributed by atoms with van der Waals surface area (Å²) >= 11 is 0. The Morgan fingerprint density at radius 1 is 0.459 bits per heavy atom. The molecule has 2 aliphatic rings. The van der Waals surface area contributed by atoms with Crippen molar-refractivity contribution in [1.29, 1.82) is 0 Å². The van der Waals surface area contributed by atoms with Crippen molar-refractivity contribution in [2.75, 3.05) is 4.90 Å². The molecule has 0 bridgehead atoms. The fourth-order valence-electron chi connectivity index (χ4n) is 11.2. The molecule has 0 fully saturated rings. The topological polar surface area (TPSA) is 21.3 Å². The zero-order valence-corrected chi connectivity index (χ0v) is 34.6. The highest BCUT2D eigenvalue weighted by molar-refractivity contribution is 6.16. The summed E-state index contributed by atoms with van der Waals surface area (Å²) in [6, 6.07) is 67.2. The molecule has 0 aliphatic heterocycles. The van der Waals surface area contributed by atoms with Gasteiger partial charge in [0.2, 0.25) is 0 Å². The van der Waals surface area contributed by atoms with Crippen molar-refractivity contribution >= 4 is 71.4 Å². The minimum absolute atomic E-state index is 0.136. The molecule has 0 spiro atoms. The van der Waals surface area contributed by atoms with E-state index in [0.717, 1.165) is 44.7 Å². The molecule has 0 amide bonds. The zero-order chi connectivity index (χ0) is 40.8. The van der Waals surface area contributed by atoms with Crippen LogP contribution in [0.4, 0.5) is 17.1 Å². The maximum absolute atomic E-state index is 6.84. The largest absolute Gasteiger partial charge is 0.456 e. The first-order chi connectivity index (χ1) is 29.8. The highest BCUT2D eigenvalue weighted by Gasteiger charge is 2.42. The van der Waals surface area contributed by atoms with E-state index < -0.39 is 0 Å². The van der Waals surface area contributed by atoms with Crippen LogP contribution in [0.15, 0.2) is 186 Å². The second kappa shape index (κ2) is 12.1. The summed E-state index contributed by atoms with van der Waals surface area (Å²) in [6.07, 6.45) is 0. The third kappa shape index (κ3) is 4.64. The molecule has 11 aromatic rings. The van der Waals surface area contributed by atoms with Gasteiger partial charge >= 0.3 is 0 Å². The van der Waals surface area contributed by atoms with E-state index in [4.69, 9.17) is 4.42 Å². The number of furan rings is 1. The summed E-state index contributed by atoms with van der Waals surface area (Å²) in [5.74, 6) is 0. The zero-order valence-electron chi connectivity index (χ0n) is 34.6. The third-order valence-electron chi connectivity index (χ3n) is 14.1. The van der Waals surface area contributed by atoms with Gasteiger partial charge in [0.1, 0.15) is 11.2 Å². The Morgan fingerprint density at radius 2 is 1.18 bits per heavy atom. The van der Waals surface area contributed by atoms with E-state index in [1.54, 1.807) is 0 Å². The Labute approximate surface area is 354 Å². The molecule has 2 aromatic heterocycles. The first kappa shape index (κ1) is 34.5. The SMILES string of the molecule is CC1(C)c2ccccc2-c2cc3oc4cccc(N(c5ccc6ccccc6c5)c5ccc6c7c(n(-c8ccccc8)c6c5)-c5c(ccc6ccccc56)C7(C)C)c4c3cc21. The van der Waals surface area contributed by atoms with Gasteiger partial charge in [0.15, 0.2) is 0 Å². The van der Waals surface area contributed by atoms with Crippen LogP contribution in [-0.2, 0) is 10.8 Å². The van der Waals surface area contributed by atoms with Crippen LogP contribution in [0.1, 0.15) is 49.9 Å². The fraction of sp³-hybridized carbons (Fsp3) is 0.103. The van der Waals surface area contributed by atoms with Crippen molar-refractivity contribution in [3.05, 3.63) is 204 Å². The van der Waals surface area contributed by atoms with E-state index in [1.807, 2.05) is 0 Å². The lowest BCUT2D eigenvalue weighted by molar-refractivity contribution is 0.658. The number of nitrogens with zero attached hydrogens (tertiary/aromatic N) is 2. The first-order valence-corrected chi connectivity index (χ1v) is 21.4. The lowest BCUT2D eigenvalue weighted by Gasteiger charge is -2.27. The number of rotatable bonds is 4. The van der Waals surface area contributed by atoms with Gasteiger partial charge in [-0.15, -0.1) is 0 Å². The molecular formula is C58H42N2O. The van der Waals surface area contributed by atoms with Gasteiger partial charge in [-0.2, -0.15) is 0 Å². The van der Waals surface area contributed by atoms with Crippen LogP contribution >= 0.6 is 0 Å². The highest BCUT2D eigenvalue weighted by Crippen LogP contribution is 2.57. The van der Waals surface area contributed by atoms with Crippen LogP contribution in [0.5, 0.6) is 0 Å². The van der Waals surface area contributed by atoms with Crippen molar-refractivity contribution in [2.24, 2.45) is 0 Å². The Bertz CT molecular complexity index is 3660. The number of hydrogen-bond donors (Lipinski definition) is 0. The van der Waals surface area contributed by atoms with Gasteiger partial charge in [-0.05, 0) is 116 Å². The predicted octanol–water partition coefficient (Wildman–Crippen LogP) is 15.9. The molecule has 0 saturated heterocycles. The number of fused-ring (bicyclic) bond motifs is 14. The van der Waals surface area contributed by atoms with E-state index in [9.17, 15) is 0 Å². The smallest absolute Gasteiger partial charge is 0.137 e. The third-order valence-corrected chi connectivity index (χ3v) is 14.1. The van der Waals surface area contributed by atoms with Gasteiger partial charge in [-0.3, -0.25) is 0 Å². The van der Waals surface area contributed by atoms with Crippen LogP contribution in [0, 0.1) is 0 Å². The minimum atomic E-state index is -0.207. The van der Waals surface area contributed by atoms with E-state index >= 15 is 0 Å². The van der Waals surface area contributed by atoms with Crippen LogP contribution in [0.25, 0.3) is 82.5 Å². The van der Waals surface area contributed by atoms with Gasteiger partial charge < -0.3 is 13.9 Å². The van der Waals surface area contributed by atoms with Crippen LogP contribution in [-0.4, -0.2) is 4.57 Å². The first-order valence-electron chi connectivity index (χ1n) is 21.4. The van der Waals surface area contributed by atoms with Gasteiger partial charge in [-0.1, -0.05) is 149 Å². The van der Waals surface area contributed by atoms with Crippen molar-refractivity contribution in [3.8, 4) is 28.1 Å². The maximum Gasteiger partial charge on any atom is 0.137 e. The Morgan fingerprint density at radius 3 is 2.05 bits per heavy atom. The van der Waals surface area contributed by atoms with Crippen molar-refractivity contribution in [2.45, 2.75) is 38.5 Å².